The van der Waals surface area contributed by atoms with E-state index < -0.39 is 0 Å². The molecule has 108 valence electrons. The van der Waals surface area contributed by atoms with E-state index in [1.807, 2.05) is 39.0 Å². The first kappa shape index (κ1) is 14.9. The maximum Gasteiger partial charge on any atom is 0.237 e. The van der Waals surface area contributed by atoms with E-state index in [2.05, 4.69) is 10.6 Å². The summed E-state index contributed by atoms with van der Waals surface area (Å²) in [6.07, 6.45) is 1.66. The fourth-order valence-corrected chi connectivity index (χ4v) is 3.12. The van der Waals surface area contributed by atoms with Gasteiger partial charge in [0, 0.05) is 16.5 Å². The Bertz CT molecular complexity index is 527. The number of hydrogen-bond donors (Lipinski definition) is 2. The molecule has 2 rings (SSSR count). The lowest BCUT2D eigenvalue weighted by atomic mass is 10.0. The Labute approximate surface area is 123 Å². The van der Waals surface area contributed by atoms with Crippen molar-refractivity contribution in [3.63, 3.8) is 0 Å². The van der Waals surface area contributed by atoms with Gasteiger partial charge in [-0.05, 0) is 38.0 Å². The summed E-state index contributed by atoms with van der Waals surface area (Å²) in [5.41, 5.74) is 1.51. The molecule has 1 aliphatic heterocycles. The number of nitrogens with one attached hydrogen (secondary N) is 2. The van der Waals surface area contributed by atoms with Crippen molar-refractivity contribution in [3.8, 4) is 0 Å². The van der Waals surface area contributed by atoms with Crippen molar-refractivity contribution >= 4 is 35.0 Å². The van der Waals surface area contributed by atoms with E-state index in [1.54, 1.807) is 0 Å². The summed E-state index contributed by atoms with van der Waals surface area (Å²) in [4.78, 5) is 24.8. The zero-order valence-corrected chi connectivity index (χ0v) is 12.8. The molecule has 0 aliphatic carbocycles. The molecule has 2 N–H and O–H groups in total. The van der Waals surface area contributed by atoms with Gasteiger partial charge in [0.1, 0.15) is 0 Å². The molecule has 0 aromatic heterocycles. The predicted molar refractivity (Wildman–Crippen MR) is 83.1 cm³/mol. The second-order valence-corrected chi connectivity index (χ2v) is 6.35. The number of fused-ring (bicyclic) bond motifs is 1. The van der Waals surface area contributed by atoms with Crippen molar-refractivity contribution in [1.82, 2.24) is 0 Å². The lowest BCUT2D eigenvalue weighted by molar-refractivity contribution is -0.120. The molecule has 5 heteroatoms. The minimum Gasteiger partial charge on any atom is -0.326 e. The largest absolute Gasteiger partial charge is 0.326 e. The van der Waals surface area contributed by atoms with E-state index in [4.69, 9.17) is 0 Å². The predicted octanol–water partition coefficient (Wildman–Crippen LogP) is 3.49. The van der Waals surface area contributed by atoms with Gasteiger partial charge in [-0.25, -0.2) is 0 Å². The number of benzene rings is 1. The van der Waals surface area contributed by atoms with Crippen LogP contribution in [-0.4, -0.2) is 17.1 Å². The highest BCUT2D eigenvalue weighted by Gasteiger charge is 2.23. The Kier molecular flexibility index (Phi) is 4.70. The van der Waals surface area contributed by atoms with Gasteiger partial charge < -0.3 is 10.6 Å². The molecule has 1 atom stereocenters. The number of amides is 2. The number of anilines is 2. The third-order valence-corrected chi connectivity index (χ3v) is 4.71. The zero-order chi connectivity index (χ0) is 14.7. The van der Waals surface area contributed by atoms with E-state index >= 15 is 0 Å². The van der Waals surface area contributed by atoms with Gasteiger partial charge in [0.2, 0.25) is 11.8 Å². The third kappa shape index (κ3) is 3.15. The minimum absolute atomic E-state index is 0.00553. The highest BCUT2D eigenvalue weighted by molar-refractivity contribution is 8.00. The Morgan fingerprint density at radius 3 is 2.75 bits per heavy atom. The molecule has 2 amide bonds. The number of carbonyl (C=O) groups excluding carboxylic acids is 2. The molecule has 0 saturated carbocycles. The topological polar surface area (TPSA) is 58.2 Å². The van der Waals surface area contributed by atoms with Gasteiger partial charge in [-0.1, -0.05) is 13.8 Å². The van der Waals surface area contributed by atoms with Crippen LogP contribution in [-0.2, 0) is 9.59 Å². The van der Waals surface area contributed by atoms with E-state index in [9.17, 15) is 9.59 Å². The maximum absolute atomic E-state index is 12.1. The number of carbonyl (C=O) groups is 2. The van der Waals surface area contributed by atoms with Crippen LogP contribution in [0.1, 0.15) is 33.6 Å². The Balaban J connectivity index is 2.14. The molecule has 0 bridgehead atoms. The molecule has 0 spiro atoms. The molecular formula is C15H20N2O2S. The maximum atomic E-state index is 12.1. The molecule has 0 fully saturated rings. The number of rotatable bonds is 4. The fraction of sp³-hybridized carbons (Fsp3) is 0.467. The summed E-state index contributed by atoms with van der Waals surface area (Å²) in [5.74, 6) is 0.0825. The smallest absolute Gasteiger partial charge is 0.237 e. The Hall–Kier alpha value is -1.49. The average Bonchev–Trinajstić information content (AvgIpc) is 2.42. The van der Waals surface area contributed by atoms with Gasteiger partial charge in [-0.2, -0.15) is 0 Å². The van der Waals surface area contributed by atoms with Crippen LogP contribution in [0.15, 0.2) is 23.1 Å². The first-order valence-corrected chi connectivity index (χ1v) is 7.85. The van der Waals surface area contributed by atoms with E-state index in [1.165, 1.54) is 11.8 Å². The SMILES string of the molecule is CCC(CC)C(=O)Nc1ccc2c(c1)NC(=O)C(C)S2. The minimum atomic E-state index is -0.0764. The summed E-state index contributed by atoms with van der Waals surface area (Å²) < 4.78 is 0. The van der Waals surface area contributed by atoms with E-state index in [-0.39, 0.29) is 23.0 Å². The Morgan fingerprint density at radius 2 is 2.10 bits per heavy atom. The molecule has 1 aliphatic rings. The Morgan fingerprint density at radius 1 is 1.40 bits per heavy atom. The van der Waals surface area contributed by atoms with Crippen molar-refractivity contribution in [3.05, 3.63) is 18.2 Å². The molecule has 0 radical (unpaired) electrons. The third-order valence-electron chi connectivity index (χ3n) is 3.53. The number of hydrogen-bond acceptors (Lipinski definition) is 3. The van der Waals surface area contributed by atoms with Crippen LogP contribution >= 0.6 is 11.8 Å². The lowest BCUT2D eigenvalue weighted by Crippen LogP contribution is -2.26. The van der Waals surface area contributed by atoms with Crippen LogP contribution in [0, 0.1) is 5.92 Å². The molecule has 1 aromatic carbocycles. The van der Waals surface area contributed by atoms with Crippen molar-refractivity contribution in [2.24, 2.45) is 5.92 Å². The highest BCUT2D eigenvalue weighted by atomic mass is 32.2. The van der Waals surface area contributed by atoms with Crippen LogP contribution in [0.25, 0.3) is 0 Å². The van der Waals surface area contributed by atoms with Crippen molar-refractivity contribution < 1.29 is 9.59 Å². The molecular weight excluding hydrogens is 272 g/mol. The highest BCUT2D eigenvalue weighted by Crippen LogP contribution is 2.37. The molecule has 0 saturated heterocycles. The van der Waals surface area contributed by atoms with Crippen LogP contribution in [0.4, 0.5) is 11.4 Å². The first-order valence-electron chi connectivity index (χ1n) is 6.97. The van der Waals surface area contributed by atoms with Crippen molar-refractivity contribution in [1.29, 1.82) is 0 Å². The van der Waals surface area contributed by atoms with Crippen LogP contribution < -0.4 is 10.6 Å². The quantitative estimate of drug-likeness (QED) is 0.893. The molecule has 1 heterocycles. The molecule has 1 unspecified atom stereocenters. The summed E-state index contributed by atoms with van der Waals surface area (Å²) >= 11 is 1.54. The summed E-state index contributed by atoms with van der Waals surface area (Å²) in [7, 11) is 0. The number of thioether (sulfide) groups is 1. The second kappa shape index (κ2) is 6.31. The van der Waals surface area contributed by atoms with Crippen molar-refractivity contribution in [2.75, 3.05) is 10.6 Å². The van der Waals surface area contributed by atoms with Gasteiger partial charge >= 0.3 is 0 Å². The van der Waals surface area contributed by atoms with Gasteiger partial charge in [-0.15, -0.1) is 11.8 Å². The van der Waals surface area contributed by atoms with Crippen LogP contribution in [0.3, 0.4) is 0 Å². The zero-order valence-electron chi connectivity index (χ0n) is 12.0. The summed E-state index contributed by atoms with van der Waals surface area (Å²) in [5, 5.41) is 5.71. The molecule has 4 nitrogen and oxygen atoms in total. The lowest BCUT2D eigenvalue weighted by Gasteiger charge is -2.22. The molecule has 1 aromatic rings. The van der Waals surface area contributed by atoms with Crippen LogP contribution in [0.5, 0.6) is 0 Å². The van der Waals surface area contributed by atoms with Crippen LogP contribution in [0.2, 0.25) is 0 Å². The first-order chi connectivity index (χ1) is 9.55. The van der Waals surface area contributed by atoms with E-state index in [0.29, 0.717) is 0 Å². The average molecular weight is 292 g/mol. The van der Waals surface area contributed by atoms with Gasteiger partial charge in [0.25, 0.3) is 0 Å². The normalized spacial score (nSPS) is 17.6. The van der Waals surface area contributed by atoms with Crippen molar-refractivity contribution in [2.45, 2.75) is 43.8 Å². The van der Waals surface area contributed by atoms with Gasteiger partial charge in [0.15, 0.2) is 0 Å². The molecule has 20 heavy (non-hydrogen) atoms. The van der Waals surface area contributed by atoms with E-state index in [0.717, 1.165) is 29.1 Å². The second-order valence-electron chi connectivity index (χ2n) is 4.96. The van der Waals surface area contributed by atoms with Gasteiger partial charge in [0.05, 0.1) is 10.9 Å². The fourth-order valence-electron chi connectivity index (χ4n) is 2.19. The van der Waals surface area contributed by atoms with Gasteiger partial charge in [-0.3, -0.25) is 9.59 Å². The monoisotopic (exact) mass is 292 g/mol. The summed E-state index contributed by atoms with van der Waals surface area (Å²) in [6.45, 7) is 5.91. The standard InChI is InChI=1S/C15H20N2O2S/c1-4-10(5-2)15(19)16-11-6-7-13-12(8-11)17-14(18)9(3)20-13/h6-10H,4-5H2,1-3H3,(H,16,19)(H,17,18). The summed E-state index contributed by atoms with van der Waals surface area (Å²) in [6, 6.07) is 5.65.